The van der Waals surface area contributed by atoms with Crippen LogP contribution in [0.2, 0.25) is 5.02 Å². The van der Waals surface area contributed by atoms with Gasteiger partial charge in [0, 0.05) is 10.7 Å². The Labute approximate surface area is 125 Å². The molecule has 0 atom stereocenters. The van der Waals surface area contributed by atoms with Gasteiger partial charge in [-0.15, -0.1) is 0 Å². The number of hydrogen-bond acceptors (Lipinski definition) is 4. The normalized spacial score (nSPS) is 10.6. The topological polar surface area (TPSA) is 68.3 Å². The van der Waals surface area contributed by atoms with Crippen molar-refractivity contribution in [2.75, 3.05) is 5.32 Å². The van der Waals surface area contributed by atoms with Crippen LogP contribution in [0, 0.1) is 6.92 Å². The molecule has 6 heteroatoms. The first-order chi connectivity index (χ1) is 10.1. The molecule has 0 aliphatic heterocycles. The van der Waals surface area contributed by atoms with Crippen LogP contribution in [0.5, 0.6) is 0 Å². The Morgan fingerprint density at radius 3 is 2.86 bits per heavy atom. The maximum absolute atomic E-state index is 12.4. The first-order valence-electron chi connectivity index (χ1n) is 6.22. The molecule has 5 nitrogen and oxygen atoms in total. The molecule has 0 aliphatic rings. The third-order valence-corrected chi connectivity index (χ3v) is 3.16. The van der Waals surface area contributed by atoms with Crippen LogP contribution in [0.15, 0.2) is 51.6 Å². The van der Waals surface area contributed by atoms with Gasteiger partial charge in [-0.05, 0) is 37.3 Å². The summed E-state index contributed by atoms with van der Waals surface area (Å²) < 4.78 is 10.4. The Morgan fingerprint density at radius 2 is 2.14 bits per heavy atom. The zero-order chi connectivity index (χ0) is 14.8. The molecule has 0 radical (unpaired) electrons. The molecule has 106 valence electrons. The minimum Gasteiger partial charge on any atom is -0.463 e. The summed E-state index contributed by atoms with van der Waals surface area (Å²) in [5.41, 5.74) is 1.31. The predicted molar refractivity (Wildman–Crippen MR) is 78.3 cm³/mol. The number of halogens is 1. The van der Waals surface area contributed by atoms with E-state index in [1.807, 2.05) is 0 Å². The van der Waals surface area contributed by atoms with E-state index >= 15 is 0 Å². The highest BCUT2D eigenvalue weighted by atomic mass is 35.5. The molecule has 0 bridgehead atoms. The summed E-state index contributed by atoms with van der Waals surface area (Å²) in [6, 6.07) is 10.3. The fraction of sp³-hybridized carbons (Fsp3) is 0.0667. The van der Waals surface area contributed by atoms with Gasteiger partial charge in [0.25, 0.3) is 5.91 Å². The van der Waals surface area contributed by atoms with Crippen molar-refractivity contribution in [2.24, 2.45) is 0 Å². The van der Waals surface area contributed by atoms with Crippen LogP contribution in [0.3, 0.4) is 0 Å². The van der Waals surface area contributed by atoms with Crippen molar-refractivity contribution in [1.29, 1.82) is 0 Å². The van der Waals surface area contributed by atoms with Crippen molar-refractivity contribution in [3.63, 3.8) is 0 Å². The van der Waals surface area contributed by atoms with Crippen LogP contribution < -0.4 is 5.32 Å². The highest BCUT2D eigenvalue weighted by Crippen LogP contribution is 2.26. The lowest BCUT2D eigenvalue weighted by atomic mass is 10.1. The Hall–Kier alpha value is -2.53. The highest BCUT2D eigenvalue weighted by Gasteiger charge is 2.23. The van der Waals surface area contributed by atoms with Gasteiger partial charge in [-0.3, -0.25) is 4.79 Å². The van der Waals surface area contributed by atoms with Crippen molar-refractivity contribution in [3.05, 3.63) is 59.0 Å². The molecule has 3 aromatic rings. The summed E-state index contributed by atoms with van der Waals surface area (Å²) in [6.45, 7) is 1.67. The lowest BCUT2D eigenvalue weighted by Gasteiger charge is -2.05. The molecular formula is C15H11ClN2O3. The van der Waals surface area contributed by atoms with Gasteiger partial charge in [-0.1, -0.05) is 22.8 Å². The number of nitrogens with zero attached hydrogens (tertiary/aromatic N) is 1. The zero-order valence-corrected chi connectivity index (χ0v) is 11.8. The fourth-order valence-electron chi connectivity index (χ4n) is 1.98. The summed E-state index contributed by atoms with van der Waals surface area (Å²) in [4.78, 5) is 12.4. The van der Waals surface area contributed by atoms with E-state index in [2.05, 4.69) is 10.5 Å². The maximum atomic E-state index is 12.4. The number of furan rings is 1. The third-order valence-electron chi connectivity index (χ3n) is 2.93. The van der Waals surface area contributed by atoms with Gasteiger partial charge in [-0.25, -0.2) is 0 Å². The second-order valence-electron chi connectivity index (χ2n) is 4.40. The van der Waals surface area contributed by atoms with Gasteiger partial charge < -0.3 is 14.3 Å². The van der Waals surface area contributed by atoms with Crippen LogP contribution >= 0.6 is 11.6 Å². The number of aromatic nitrogens is 1. The molecule has 3 rings (SSSR count). The fourth-order valence-corrected chi connectivity index (χ4v) is 2.17. The van der Waals surface area contributed by atoms with Gasteiger partial charge in [0.2, 0.25) is 0 Å². The van der Waals surface area contributed by atoms with E-state index in [9.17, 15) is 4.79 Å². The van der Waals surface area contributed by atoms with Gasteiger partial charge in [0.1, 0.15) is 11.3 Å². The average molecular weight is 303 g/mol. The number of hydrogen-bond donors (Lipinski definition) is 1. The number of amides is 1. The largest absolute Gasteiger partial charge is 0.463 e. The number of carbonyl (C=O) groups is 1. The van der Waals surface area contributed by atoms with Crippen molar-refractivity contribution >= 4 is 23.2 Å². The number of nitrogens with one attached hydrogen (secondary N) is 1. The molecule has 2 heterocycles. The summed E-state index contributed by atoms with van der Waals surface area (Å²) in [7, 11) is 0. The zero-order valence-electron chi connectivity index (χ0n) is 11.1. The van der Waals surface area contributed by atoms with Gasteiger partial charge in [0.05, 0.1) is 6.26 Å². The molecule has 0 saturated heterocycles. The summed E-state index contributed by atoms with van der Waals surface area (Å²) in [5, 5.41) is 7.19. The molecule has 2 aromatic heterocycles. The minimum absolute atomic E-state index is 0.331. The lowest BCUT2D eigenvalue weighted by Crippen LogP contribution is -2.13. The average Bonchev–Trinajstić information content (AvgIpc) is 3.07. The molecule has 0 fully saturated rings. The molecule has 0 saturated carbocycles. The summed E-state index contributed by atoms with van der Waals surface area (Å²) >= 11 is 5.90. The summed E-state index contributed by atoms with van der Waals surface area (Å²) in [5.74, 6) is 0.562. The molecule has 1 N–H and O–H groups in total. The van der Waals surface area contributed by atoms with E-state index in [1.165, 1.54) is 6.26 Å². The number of anilines is 1. The number of carbonyl (C=O) groups excluding carboxylic acids is 1. The second kappa shape index (κ2) is 5.46. The second-order valence-corrected chi connectivity index (χ2v) is 4.84. The van der Waals surface area contributed by atoms with Gasteiger partial charge in [-0.2, -0.15) is 0 Å². The van der Waals surface area contributed by atoms with Crippen LogP contribution in [0.4, 0.5) is 5.69 Å². The molecule has 1 aromatic carbocycles. The monoisotopic (exact) mass is 302 g/mol. The molecule has 21 heavy (non-hydrogen) atoms. The van der Waals surface area contributed by atoms with Crippen molar-refractivity contribution in [2.45, 2.75) is 6.92 Å². The minimum atomic E-state index is -0.331. The molecule has 0 aliphatic carbocycles. The van der Waals surface area contributed by atoms with E-state index in [4.69, 9.17) is 20.5 Å². The first-order valence-corrected chi connectivity index (χ1v) is 6.60. The Balaban J connectivity index is 1.93. The number of aryl methyl sites for hydroxylation is 1. The van der Waals surface area contributed by atoms with E-state index in [1.54, 1.807) is 43.3 Å². The predicted octanol–water partition coefficient (Wildman–Crippen LogP) is 4.15. The SMILES string of the molecule is Cc1onc(-c2ccco2)c1C(=O)Nc1cccc(Cl)c1. The van der Waals surface area contributed by atoms with E-state index in [0.717, 1.165) is 0 Å². The summed E-state index contributed by atoms with van der Waals surface area (Å²) in [6.07, 6.45) is 1.51. The van der Waals surface area contributed by atoms with E-state index in [0.29, 0.717) is 33.5 Å². The molecule has 0 unspecified atom stereocenters. The Kier molecular flexibility index (Phi) is 3.50. The van der Waals surface area contributed by atoms with E-state index in [-0.39, 0.29) is 5.91 Å². The number of rotatable bonds is 3. The third kappa shape index (κ3) is 2.68. The Morgan fingerprint density at radius 1 is 1.29 bits per heavy atom. The molecular weight excluding hydrogens is 292 g/mol. The smallest absolute Gasteiger partial charge is 0.261 e. The quantitative estimate of drug-likeness (QED) is 0.789. The van der Waals surface area contributed by atoms with Crippen molar-refractivity contribution < 1.29 is 13.7 Å². The standard InChI is InChI=1S/C15H11ClN2O3/c1-9-13(14(18-21-9)12-6-3-7-20-12)15(19)17-11-5-2-4-10(16)8-11/h2-8H,1H3,(H,17,19). The first kappa shape index (κ1) is 13.5. The highest BCUT2D eigenvalue weighted by molar-refractivity contribution is 6.31. The van der Waals surface area contributed by atoms with Gasteiger partial charge in [0.15, 0.2) is 11.5 Å². The lowest BCUT2D eigenvalue weighted by molar-refractivity contribution is 0.102. The van der Waals surface area contributed by atoms with Gasteiger partial charge >= 0.3 is 0 Å². The maximum Gasteiger partial charge on any atom is 0.261 e. The van der Waals surface area contributed by atoms with E-state index < -0.39 is 0 Å². The van der Waals surface area contributed by atoms with Crippen molar-refractivity contribution in [3.8, 4) is 11.5 Å². The number of benzene rings is 1. The van der Waals surface area contributed by atoms with Crippen LogP contribution in [-0.4, -0.2) is 11.1 Å². The van der Waals surface area contributed by atoms with Crippen LogP contribution in [0.1, 0.15) is 16.1 Å². The van der Waals surface area contributed by atoms with Crippen LogP contribution in [-0.2, 0) is 0 Å². The Bertz CT molecular complexity index is 778. The van der Waals surface area contributed by atoms with Crippen molar-refractivity contribution in [1.82, 2.24) is 5.16 Å². The van der Waals surface area contributed by atoms with Crippen LogP contribution in [0.25, 0.3) is 11.5 Å². The molecule has 1 amide bonds. The molecule has 0 spiro atoms.